The number of phenols is 1. The molecule has 0 bridgehead atoms. The Morgan fingerprint density at radius 3 is 2.61 bits per heavy atom. The summed E-state index contributed by atoms with van der Waals surface area (Å²) in [5, 5.41) is 9.44. The van der Waals surface area contributed by atoms with Crippen molar-refractivity contribution in [1.29, 1.82) is 0 Å². The predicted molar refractivity (Wildman–Crippen MR) is 78.4 cm³/mol. The van der Waals surface area contributed by atoms with E-state index in [1.807, 2.05) is 24.3 Å². The van der Waals surface area contributed by atoms with Gasteiger partial charge in [0.2, 0.25) is 0 Å². The summed E-state index contributed by atoms with van der Waals surface area (Å²) in [6.45, 7) is 0.747. The highest BCUT2D eigenvalue weighted by Crippen LogP contribution is 2.19. The van der Waals surface area contributed by atoms with Gasteiger partial charge in [-0.1, -0.05) is 46.3 Å². The lowest BCUT2D eigenvalue weighted by atomic mass is 10.1. The summed E-state index contributed by atoms with van der Waals surface area (Å²) in [6, 6.07) is 15.5. The number of rotatable bonds is 4. The van der Waals surface area contributed by atoms with Gasteiger partial charge in [0.1, 0.15) is 5.75 Å². The van der Waals surface area contributed by atoms with E-state index in [0.717, 1.165) is 23.0 Å². The monoisotopic (exact) mass is 303 g/mol. The lowest BCUT2D eigenvalue weighted by Crippen LogP contribution is -1.90. The van der Waals surface area contributed by atoms with Crippen LogP contribution in [0.2, 0.25) is 0 Å². The zero-order valence-corrected chi connectivity index (χ0v) is 11.5. The summed E-state index contributed by atoms with van der Waals surface area (Å²) in [5.74, 6) is 0.244. The molecular formula is C15H14BrNO. The number of aromatic hydroxyl groups is 1. The van der Waals surface area contributed by atoms with Crippen LogP contribution >= 0.6 is 15.9 Å². The molecule has 3 heteroatoms. The van der Waals surface area contributed by atoms with E-state index in [1.165, 1.54) is 5.56 Å². The van der Waals surface area contributed by atoms with E-state index in [0.29, 0.717) is 0 Å². The van der Waals surface area contributed by atoms with Crippen molar-refractivity contribution in [3.05, 3.63) is 64.1 Å². The van der Waals surface area contributed by atoms with Crippen molar-refractivity contribution in [2.75, 3.05) is 6.54 Å². The van der Waals surface area contributed by atoms with Gasteiger partial charge in [-0.25, -0.2) is 0 Å². The first-order valence-corrected chi connectivity index (χ1v) is 6.56. The Hall–Kier alpha value is -1.61. The van der Waals surface area contributed by atoms with Crippen LogP contribution in [0, 0.1) is 0 Å². The molecule has 0 heterocycles. The number of hydrogen-bond acceptors (Lipinski definition) is 2. The molecule has 2 rings (SSSR count). The standard InChI is InChI=1S/C15H14BrNO/c16-14-8-13(9-15(18)10-14)11-17-7-6-12-4-2-1-3-5-12/h1-5,8-11,18H,6-7H2. The van der Waals surface area contributed by atoms with Gasteiger partial charge in [-0.3, -0.25) is 4.99 Å². The van der Waals surface area contributed by atoms with Crippen LogP contribution in [0.5, 0.6) is 5.75 Å². The molecule has 0 amide bonds. The van der Waals surface area contributed by atoms with Gasteiger partial charge < -0.3 is 5.11 Å². The molecule has 2 aromatic carbocycles. The summed E-state index contributed by atoms with van der Waals surface area (Å²) >= 11 is 3.34. The first-order chi connectivity index (χ1) is 8.74. The molecule has 0 unspecified atom stereocenters. The summed E-state index contributed by atoms with van der Waals surface area (Å²) < 4.78 is 0.854. The highest BCUT2D eigenvalue weighted by molar-refractivity contribution is 9.10. The molecule has 2 nitrogen and oxygen atoms in total. The fourth-order valence-corrected chi connectivity index (χ4v) is 2.18. The number of phenolic OH excluding ortho intramolecular Hbond substituents is 1. The molecule has 0 aliphatic carbocycles. The zero-order valence-electron chi connectivity index (χ0n) is 9.88. The Kier molecular flexibility index (Phi) is 4.53. The Labute approximate surface area is 115 Å². The molecule has 0 atom stereocenters. The third kappa shape index (κ3) is 4.00. The van der Waals surface area contributed by atoms with Crippen LogP contribution in [0.15, 0.2) is 58.0 Å². The summed E-state index contributed by atoms with van der Waals surface area (Å²) in [5.41, 5.74) is 2.18. The lowest BCUT2D eigenvalue weighted by Gasteiger charge is -1.98. The molecule has 0 aliphatic rings. The van der Waals surface area contributed by atoms with E-state index >= 15 is 0 Å². The van der Waals surface area contributed by atoms with E-state index in [1.54, 1.807) is 18.3 Å². The van der Waals surface area contributed by atoms with Gasteiger partial charge in [-0.15, -0.1) is 0 Å². The third-order valence-corrected chi connectivity index (χ3v) is 2.98. The average Bonchev–Trinajstić information content (AvgIpc) is 2.35. The number of halogens is 1. The number of benzene rings is 2. The van der Waals surface area contributed by atoms with Crippen molar-refractivity contribution in [1.82, 2.24) is 0 Å². The van der Waals surface area contributed by atoms with Crippen LogP contribution in [0.3, 0.4) is 0 Å². The first-order valence-electron chi connectivity index (χ1n) is 5.77. The third-order valence-electron chi connectivity index (χ3n) is 2.52. The smallest absolute Gasteiger partial charge is 0.117 e. The van der Waals surface area contributed by atoms with Crippen molar-refractivity contribution in [3.8, 4) is 5.75 Å². The Bertz CT molecular complexity index is 517. The topological polar surface area (TPSA) is 32.6 Å². The van der Waals surface area contributed by atoms with Crippen molar-refractivity contribution < 1.29 is 5.11 Å². The zero-order chi connectivity index (χ0) is 12.8. The maximum atomic E-state index is 9.44. The van der Waals surface area contributed by atoms with Gasteiger partial charge in [0, 0.05) is 17.2 Å². The second-order valence-electron chi connectivity index (χ2n) is 4.01. The fraction of sp³-hybridized carbons (Fsp3) is 0.133. The summed E-state index contributed by atoms with van der Waals surface area (Å²) in [7, 11) is 0. The Morgan fingerprint density at radius 2 is 1.89 bits per heavy atom. The minimum atomic E-state index is 0.244. The molecule has 18 heavy (non-hydrogen) atoms. The van der Waals surface area contributed by atoms with E-state index < -0.39 is 0 Å². The van der Waals surface area contributed by atoms with Gasteiger partial charge in [0.15, 0.2) is 0 Å². The van der Waals surface area contributed by atoms with Crippen molar-refractivity contribution >= 4 is 22.1 Å². The van der Waals surface area contributed by atoms with Gasteiger partial charge >= 0.3 is 0 Å². The normalized spacial score (nSPS) is 10.9. The Morgan fingerprint density at radius 1 is 1.11 bits per heavy atom. The van der Waals surface area contributed by atoms with E-state index in [4.69, 9.17) is 0 Å². The van der Waals surface area contributed by atoms with Gasteiger partial charge in [0.05, 0.1) is 0 Å². The highest BCUT2D eigenvalue weighted by Gasteiger charge is 1.95. The van der Waals surface area contributed by atoms with E-state index in [2.05, 4.69) is 33.1 Å². The average molecular weight is 304 g/mol. The lowest BCUT2D eigenvalue weighted by molar-refractivity contribution is 0.475. The maximum Gasteiger partial charge on any atom is 0.117 e. The predicted octanol–water partition coefficient (Wildman–Crippen LogP) is 3.82. The van der Waals surface area contributed by atoms with Crippen LogP contribution in [0.4, 0.5) is 0 Å². The van der Waals surface area contributed by atoms with Crippen LogP contribution < -0.4 is 0 Å². The quantitative estimate of drug-likeness (QED) is 0.856. The molecule has 92 valence electrons. The van der Waals surface area contributed by atoms with E-state index in [9.17, 15) is 5.11 Å². The second-order valence-corrected chi connectivity index (χ2v) is 4.93. The van der Waals surface area contributed by atoms with Crippen LogP contribution in [0.1, 0.15) is 11.1 Å². The van der Waals surface area contributed by atoms with Crippen LogP contribution in [-0.4, -0.2) is 17.9 Å². The molecule has 0 aromatic heterocycles. The van der Waals surface area contributed by atoms with Crippen molar-refractivity contribution in [2.45, 2.75) is 6.42 Å². The number of aliphatic imine (C=N–C) groups is 1. The molecular weight excluding hydrogens is 290 g/mol. The fourth-order valence-electron chi connectivity index (χ4n) is 1.68. The molecule has 2 aromatic rings. The van der Waals surface area contributed by atoms with Gasteiger partial charge in [-0.05, 0) is 35.7 Å². The van der Waals surface area contributed by atoms with Crippen LogP contribution in [0.25, 0.3) is 0 Å². The molecule has 0 radical (unpaired) electrons. The Balaban J connectivity index is 1.91. The molecule has 0 saturated carbocycles. The summed E-state index contributed by atoms with van der Waals surface area (Å²) in [4.78, 5) is 4.36. The SMILES string of the molecule is Oc1cc(Br)cc(C=NCCc2ccccc2)c1. The highest BCUT2D eigenvalue weighted by atomic mass is 79.9. The van der Waals surface area contributed by atoms with Gasteiger partial charge in [0.25, 0.3) is 0 Å². The molecule has 0 fully saturated rings. The summed E-state index contributed by atoms with van der Waals surface area (Å²) in [6.07, 6.45) is 2.71. The minimum absolute atomic E-state index is 0.244. The molecule has 0 spiro atoms. The van der Waals surface area contributed by atoms with Crippen LogP contribution in [-0.2, 0) is 6.42 Å². The molecule has 0 saturated heterocycles. The largest absolute Gasteiger partial charge is 0.508 e. The molecule has 0 aliphatic heterocycles. The first kappa shape index (κ1) is 12.8. The minimum Gasteiger partial charge on any atom is -0.508 e. The van der Waals surface area contributed by atoms with Crippen molar-refractivity contribution in [3.63, 3.8) is 0 Å². The second kappa shape index (κ2) is 6.36. The number of nitrogens with zero attached hydrogens (tertiary/aromatic N) is 1. The number of hydrogen-bond donors (Lipinski definition) is 1. The van der Waals surface area contributed by atoms with Crippen molar-refractivity contribution in [2.24, 2.45) is 4.99 Å². The maximum absolute atomic E-state index is 9.44. The molecule has 1 N–H and O–H groups in total. The van der Waals surface area contributed by atoms with E-state index in [-0.39, 0.29) is 5.75 Å². The van der Waals surface area contributed by atoms with Gasteiger partial charge in [-0.2, -0.15) is 0 Å².